The maximum absolute atomic E-state index is 3.79. The van der Waals surface area contributed by atoms with E-state index in [1.165, 1.54) is 48.9 Å². The van der Waals surface area contributed by atoms with Crippen molar-refractivity contribution < 1.29 is 4.48 Å². The highest BCUT2D eigenvalue weighted by Gasteiger charge is 2.43. The smallest absolute Gasteiger partial charge is 0.156 e. The summed E-state index contributed by atoms with van der Waals surface area (Å²) in [4.78, 5) is 3.79. The average Bonchev–Trinajstić information content (AvgIpc) is 2.86. The number of aromatic amines is 1. The van der Waals surface area contributed by atoms with Crippen LogP contribution in [0.3, 0.4) is 0 Å². The first-order valence-corrected chi connectivity index (χ1v) is 8.78. The number of aromatic nitrogens is 1. The zero-order valence-electron chi connectivity index (χ0n) is 13.7. The summed E-state index contributed by atoms with van der Waals surface area (Å²) in [5, 5.41) is 1.43. The number of nitrogens with zero attached hydrogens (tertiary/aromatic N) is 1. The van der Waals surface area contributed by atoms with Crippen LogP contribution >= 0.6 is 0 Å². The summed E-state index contributed by atoms with van der Waals surface area (Å²) in [6.07, 6.45) is 3.70. The molecule has 2 aliphatic heterocycles. The molecule has 23 heavy (non-hydrogen) atoms. The summed E-state index contributed by atoms with van der Waals surface area (Å²) >= 11 is 0. The van der Waals surface area contributed by atoms with Crippen LogP contribution in [0.25, 0.3) is 10.9 Å². The minimum absolute atomic E-state index is 0.463. The second-order valence-electron chi connectivity index (χ2n) is 7.44. The fraction of sp³-hybridized carbons (Fsp3) is 0.333. The van der Waals surface area contributed by atoms with Crippen LogP contribution in [0.2, 0.25) is 0 Å². The predicted octanol–water partition coefficient (Wildman–Crippen LogP) is 4.21. The Hall–Kier alpha value is -2.06. The van der Waals surface area contributed by atoms with Crippen LogP contribution in [0.15, 0.2) is 48.5 Å². The summed E-state index contributed by atoms with van der Waals surface area (Å²) in [6.45, 7) is 2.52. The first kappa shape index (κ1) is 13.4. The number of fused-ring (bicyclic) bond motifs is 7. The summed E-state index contributed by atoms with van der Waals surface area (Å²) in [5.74, 6) is 0. The molecular weight excluding hydrogens is 280 g/mol. The highest BCUT2D eigenvalue weighted by molar-refractivity contribution is 5.85. The van der Waals surface area contributed by atoms with Gasteiger partial charge in [0.2, 0.25) is 0 Å². The third kappa shape index (κ3) is 1.85. The second-order valence-corrected chi connectivity index (χ2v) is 7.44. The van der Waals surface area contributed by atoms with E-state index in [-0.39, 0.29) is 0 Å². The molecule has 0 radical (unpaired) electrons. The maximum Gasteiger partial charge on any atom is 0.156 e. The number of H-pyrrole nitrogens is 1. The molecule has 116 valence electrons. The van der Waals surface area contributed by atoms with Crippen molar-refractivity contribution in [1.82, 2.24) is 4.98 Å². The summed E-state index contributed by atoms with van der Waals surface area (Å²) in [5.41, 5.74) is 7.41. The SMILES string of the molecule is C[N+]12CCCc3ccccc3C1c1[nH]c3ccccc3c1CC2. The first-order valence-electron chi connectivity index (χ1n) is 8.78. The molecule has 3 aromatic rings. The number of nitrogens with one attached hydrogen (secondary N) is 1. The van der Waals surface area contributed by atoms with Crippen molar-refractivity contribution >= 4 is 10.9 Å². The van der Waals surface area contributed by atoms with Gasteiger partial charge in [0.05, 0.1) is 25.8 Å². The fourth-order valence-electron chi connectivity index (χ4n) is 4.92. The van der Waals surface area contributed by atoms with Gasteiger partial charge in [-0.1, -0.05) is 42.5 Å². The molecule has 2 unspecified atom stereocenters. The predicted molar refractivity (Wildman–Crippen MR) is 94.5 cm³/mol. The van der Waals surface area contributed by atoms with Crippen LogP contribution in [-0.4, -0.2) is 29.6 Å². The molecule has 2 heteroatoms. The zero-order valence-corrected chi connectivity index (χ0v) is 13.7. The van der Waals surface area contributed by atoms with Gasteiger partial charge in [-0.05, 0) is 23.6 Å². The van der Waals surface area contributed by atoms with Gasteiger partial charge < -0.3 is 9.47 Å². The molecule has 2 nitrogen and oxygen atoms in total. The number of rotatable bonds is 0. The number of hydrogen-bond donors (Lipinski definition) is 1. The average molecular weight is 303 g/mol. The van der Waals surface area contributed by atoms with Crippen LogP contribution in [0, 0.1) is 0 Å². The van der Waals surface area contributed by atoms with E-state index >= 15 is 0 Å². The van der Waals surface area contributed by atoms with E-state index in [0.29, 0.717) is 6.04 Å². The molecule has 3 heterocycles. The van der Waals surface area contributed by atoms with E-state index in [9.17, 15) is 0 Å². The highest BCUT2D eigenvalue weighted by Crippen LogP contribution is 2.44. The number of quaternary nitrogens is 1. The highest BCUT2D eigenvalue weighted by atomic mass is 15.4. The van der Waals surface area contributed by atoms with E-state index in [0.717, 1.165) is 4.48 Å². The van der Waals surface area contributed by atoms with Gasteiger partial charge in [0, 0.05) is 29.3 Å². The molecule has 0 amide bonds. The molecule has 2 aromatic carbocycles. The molecule has 0 spiro atoms. The molecule has 0 saturated carbocycles. The molecule has 0 saturated heterocycles. The molecule has 0 fully saturated rings. The zero-order chi connectivity index (χ0) is 15.4. The van der Waals surface area contributed by atoms with Gasteiger partial charge >= 0.3 is 0 Å². The number of para-hydroxylation sites is 1. The Morgan fingerprint density at radius 3 is 2.74 bits per heavy atom. The largest absolute Gasteiger partial charge is 0.353 e. The van der Waals surface area contributed by atoms with Crippen molar-refractivity contribution in [2.75, 3.05) is 20.1 Å². The van der Waals surface area contributed by atoms with Crippen LogP contribution in [0.4, 0.5) is 0 Å². The molecule has 0 aliphatic carbocycles. The quantitative estimate of drug-likeness (QED) is 0.599. The van der Waals surface area contributed by atoms with Crippen molar-refractivity contribution in [3.63, 3.8) is 0 Å². The van der Waals surface area contributed by atoms with Crippen molar-refractivity contribution in [3.8, 4) is 0 Å². The monoisotopic (exact) mass is 303 g/mol. The Morgan fingerprint density at radius 1 is 0.957 bits per heavy atom. The number of aryl methyl sites for hydroxylation is 1. The minimum atomic E-state index is 0.463. The van der Waals surface area contributed by atoms with Gasteiger partial charge in [0.25, 0.3) is 0 Å². The normalized spacial score (nSPS) is 26.2. The van der Waals surface area contributed by atoms with Crippen LogP contribution in [-0.2, 0) is 12.8 Å². The number of hydrogen-bond acceptors (Lipinski definition) is 0. The van der Waals surface area contributed by atoms with Crippen LogP contribution in [0.1, 0.15) is 34.8 Å². The Labute approximate surface area is 137 Å². The number of likely N-dealkylation sites (N-methyl/N-ethyl adjacent to an activating group) is 1. The van der Waals surface area contributed by atoms with Crippen LogP contribution < -0.4 is 0 Å². The molecule has 1 aromatic heterocycles. The molecule has 5 rings (SSSR count). The molecule has 2 aliphatic rings. The summed E-state index contributed by atoms with van der Waals surface area (Å²) < 4.78 is 1.15. The molecule has 2 atom stereocenters. The Bertz CT molecular complexity index is 892. The Balaban J connectivity index is 1.81. The van der Waals surface area contributed by atoms with Crippen molar-refractivity contribution in [1.29, 1.82) is 0 Å². The van der Waals surface area contributed by atoms with Crippen LogP contribution in [0.5, 0.6) is 0 Å². The lowest BCUT2D eigenvalue weighted by Gasteiger charge is -2.44. The van der Waals surface area contributed by atoms with E-state index < -0.39 is 0 Å². The fourth-order valence-corrected chi connectivity index (χ4v) is 4.92. The topological polar surface area (TPSA) is 15.8 Å². The van der Waals surface area contributed by atoms with E-state index in [1.54, 1.807) is 16.7 Å². The van der Waals surface area contributed by atoms with E-state index in [2.05, 4.69) is 60.6 Å². The van der Waals surface area contributed by atoms with Crippen molar-refractivity contribution in [2.24, 2.45) is 0 Å². The summed E-state index contributed by atoms with van der Waals surface area (Å²) in [6, 6.07) is 18.4. The third-order valence-electron chi connectivity index (χ3n) is 6.08. The van der Waals surface area contributed by atoms with Crippen molar-refractivity contribution in [3.05, 3.63) is 70.9 Å². The first-order chi connectivity index (χ1) is 11.3. The molecular formula is C21H23N2+. The lowest BCUT2D eigenvalue weighted by Crippen LogP contribution is -2.51. The Morgan fingerprint density at radius 2 is 1.78 bits per heavy atom. The van der Waals surface area contributed by atoms with Gasteiger partial charge in [-0.2, -0.15) is 0 Å². The van der Waals surface area contributed by atoms with Gasteiger partial charge in [0.1, 0.15) is 0 Å². The second kappa shape index (κ2) is 4.72. The van der Waals surface area contributed by atoms with E-state index in [4.69, 9.17) is 0 Å². The van der Waals surface area contributed by atoms with Gasteiger partial charge in [-0.15, -0.1) is 0 Å². The maximum atomic E-state index is 3.79. The van der Waals surface area contributed by atoms with E-state index in [1.807, 2.05) is 0 Å². The number of benzene rings is 2. The molecule has 1 N–H and O–H groups in total. The lowest BCUT2D eigenvalue weighted by molar-refractivity contribution is -0.935. The van der Waals surface area contributed by atoms with Crippen molar-refractivity contribution in [2.45, 2.75) is 25.3 Å². The standard InChI is InChI=1S/C21H23N2/c1-23-13-6-8-15-7-2-3-9-16(15)21(23)20-18(12-14-23)17-10-4-5-11-19(17)22-20/h2-5,7,9-11,21-22H,6,8,12-14H2,1H3/q+1. The third-order valence-corrected chi connectivity index (χ3v) is 6.08. The lowest BCUT2D eigenvalue weighted by atomic mass is 9.89. The minimum Gasteiger partial charge on any atom is -0.353 e. The Kier molecular flexibility index (Phi) is 2.75. The molecule has 0 bridgehead atoms. The van der Waals surface area contributed by atoms with Gasteiger partial charge in [-0.25, -0.2) is 0 Å². The summed E-state index contributed by atoms with van der Waals surface area (Å²) in [7, 11) is 2.46. The van der Waals surface area contributed by atoms with Gasteiger partial charge in [0.15, 0.2) is 6.04 Å². The van der Waals surface area contributed by atoms with Gasteiger partial charge in [-0.3, -0.25) is 0 Å².